The predicted octanol–water partition coefficient (Wildman–Crippen LogP) is 3.43. The molecule has 1 aliphatic heterocycles. The monoisotopic (exact) mass is 464 g/mol. The highest BCUT2D eigenvalue weighted by atomic mass is 32.2. The van der Waals surface area contributed by atoms with Gasteiger partial charge in [-0.05, 0) is 49.7 Å². The van der Waals surface area contributed by atoms with Crippen LogP contribution in [0.25, 0.3) is 4.85 Å². The summed E-state index contributed by atoms with van der Waals surface area (Å²) in [5.74, 6) is 0.818. The molecule has 0 spiro atoms. The van der Waals surface area contributed by atoms with Crippen LogP contribution in [0, 0.1) is 17.9 Å². The predicted molar refractivity (Wildman–Crippen MR) is 131 cm³/mol. The van der Waals surface area contributed by atoms with Crippen LogP contribution in [0.2, 0.25) is 0 Å². The number of benzene rings is 1. The maximum atomic E-state index is 11.3. The van der Waals surface area contributed by atoms with Gasteiger partial charge in [0.15, 0.2) is 0 Å². The molecular formula is C24H28N6O2S. The van der Waals surface area contributed by atoms with Crippen molar-refractivity contribution in [2.75, 3.05) is 50.1 Å². The lowest BCUT2D eigenvalue weighted by Crippen LogP contribution is -2.29. The van der Waals surface area contributed by atoms with Crippen molar-refractivity contribution >= 4 is 34.9 Å². The van der Waals surface area contributed by atoms with Crippen molar-refractivity contribution < 1.29 is 9.90 Å². The van der Waals surface area contributed by atoms with Gasteiger partial charge in [-0.15, -0.1) is 11.8 Å². The number of nitrogens with one attached hydrogen (secondary N) is 1. The molecule has 1 aliphatic rings. The Labute approximate surface area is 199 Å². The number of aromatic nitrogens is 1. The van der Waals surface area contributed by atoms with Crippen molar-refractivity contribution in [3.05, 3.63) is 52.4 Å². The van der Waals surface area contributed by atoms with Crippen LogP contribution in [-0.4, -0.2) is 60.7 Å². The van der Waals surface area contributed by atoms with Gasteiger partial charge in [-0.3, -0.25) is 4.79 Å². The summed E-state index contributed by atoms with van der Waals surface area (Å²) in [6, 6.07) is 9.63. The van der Waals surface area contributed by atoms with Crippen LogP contribution >= 0.6 is 11.8 Å². The molecule has 33 heavy (non-hydrogen) atoms. The van der Waals surface area contributed by atoms with E-state index in [9.17, 15) is 10.1 Å². The average Bonchev–Trinajstić information content (AvgIpc) is 3.06. The summed E-state index contributed by atoms with van der Waals surface area (Å²) in [6.07, 6.45) is 1.59. The first-order chi connectivity index (χ1) is 16.0. The first kappa shape index (κ1) is 24.5. The molecule has 0 saturated carbocycles. The minimum Gasteiger partial charge on any atom is -0.387 e. The van der Waals surface area contributed by atoms with Crippen molar-refractivity contribution in [1.82, 2.24) is 9.88 Å². The first-order valence-corrected chi connectivity index (χ1v) is 11.9. The Morgan fingerprint density at radius 3 is 2.70 bits per heavy atom. The van der Waals surface area contributed by atoms with Gasteiger partial charge < -0.3 is 20.2 Å². The first-order valence-electron chi connectivity index (χ1n) is 10.9. The fourth-order valence-corrected chi connectivity index (χ4v) is 4.74. The van der Waals surface area contributed by atoms with Crippen LogP contribution in [0.1, 0.15) is 30.0 Å². The Bertz CT molecular complexity index is 1070. The van der Waals surface area contributed by atoms with Gasteiger partial charge in [-0.1, -0.05) is 19.1 Å². The molecule has 2 N–H and O–H groups in total. The number of rotatable bonds is 7. The van der Waals surface area contributed by atoms with E-state index in [1.807, 2.05) is 19.1 Å². The van der Waals surface area contributed by atoms with Crippen LogP contribution in [0.5, 0.6) is 0 Å². The third-order valence-corrected chi connectivity index (χ3v) is 6.62. The highest BCUT2D eigenvalue weighted by Crippen LogP contribution is 2.39. The zero-order chi connectivity index (χ0) is 23.8. The zero-order valence-corrected chi connectivity index (χ0v) is 19.8. The molecule has 1 saturated heterocycles. The van der Waals surface area contributed by atoms with Crippen molar-refractivity contribution in [3.8, 4) is 6.07 Å². The van der Waals surface area contributed by atoms with Crippen molar-refractivity contribution in [2.24, 2.45) is 0 Å². The topological polar surface area (TPSA) is 96.8 Å². The fraction of sp³-hybridized carbons (Fsp3) is 0.417. The summed E-state index contributed by atoms with van der Waals surface area (Å²) in [7, 11) is 2.10. The van der Waals surface area contributed by atoms with Crippen molar-refractivity contribution in [2.45, 2.75) is 30.5 Å². The van der Waals surface area contributed by atoms with E-state index >= 15 is 0 Å². The van der Waals surface area contributed by atoms with Gasteiger partial charge in [-0.2, -0.15) is 5.26 Å². The third-order valence-electron chi connectivity index (χ3n) is 5.57. The summed E-state index contributed by atoms with van der Waals surface area (Å²) in [6.45, 7) is 12.7. The van der Waals surface area contributed by atoms with Gasteiger partial charge in [0.2, 0.25) is 11.6 Å². The highest BCUT2D eigenvalue weighted by Gasteiger charge is 2.24. The molecule has 2 heterocycles. The zero-order valence-electron chi connectivity index (χ0n) is 19.0. The lowest BCUT2D eigenvalue weighted by molar-refractivity contribution is -0.118. The number of aliphatic hydroxyl groups is 1. The van der Waals surface area contributed by atoms with Crippen LogP contribution in [-0.2, 0) is 17.0 Å². The molecule has 9 heteroatoms. The van der Waals surface area contributed by atoms with Gasteiger partial charge in [0.05, 0.1) is 12.1 Å². The quantitative estimate of drug-likeness (QED) is 0.479. The molecular weight excluding hydrogens is 436 g/mol. The molecule has 0 bridgehead atoms. The lowest BCUT2D eigenvalue weighted by Gasteiger charge is -2.25. The maximum absolute atomic E-state index is 11.3. The van der Waals surface area contributed by atoms with E-state index in [4.69, 9.17) is 16.7 Å². The number of nitrogens with zero attached hydrogens (tertiary/aromatic N) is 5. The van der Waals surface area contributed by atoms with Crippen LogP contribution < -0.4 is 10.2 Å². The Balaban J connectivity index is 1.88. The lowest BCUT2D eigenvalue weighted by atomic mass is 10.1. The number of carbonyl (C=O) groups is 1. The van der Waals surface area contributed by atoms with Gasteiger partial charge in [0.1, 0.15) is 23.5 Å². The molecule has 0 unspecified atom stereocenters. The fourth-order valence-electron chi connectivity index (χ4n) is 3.78. The molecule has 1 fully saturated rings. The number of hydrogen-bond donors (Lipinski definition) is 2. The number of aliphatic hydroxyl groups excluding tert-OH is 1. The number of likely N-dealkylation sites (N-methyl/N-ethyl adjacent to an activating group) is 1. The van der Waals surface area contributed by atoms with Crippen LogP contribution in [0.4, 0.5) is 17.2 Å². The number of pyridine rings is 1. The van der Waals surface area contributed by atoms with E-state index in [0.717, 1.165) is 43.7 Å². The second-order valence-electron chi connectivity index (χ2n) is 7.86. The van der Waals surface area contributed by atoms with E-state index in [1.54, 1.807) is 12.1 Å². The second-order valence-corrected chi connectivity index (χ2v) is 8.82. The van der Waals surface area contributed by atoms with E-state index in [0.29, 0.717) is 40.0 Å². The molecule has 0 atom stereocenters. The van der Waals surface area contributed by atoms with Crippen molar-refractivity contribution in [1.29, 1.82) is 5.26 Å². The van der Waals surface area contributed by atoms with E-state index in [2.05, 4.69) is 33.1 Å². The number of amides is 1. The average molecular weight is 465 g/mol. The SMILES string of the molecule is [C-]#[N+]c1c(N2CCCN(C)CC2)nc(SCc2ccc(NC(=O)CO)cc2)c(C#N)c1CC. The summed E-state index contributed by atoms with van der Waals surface area (Å²) >= 11 is 1.48. The molecule has 2 aromatic rings. The molecule has 8 nitrogen and oxygen atoms in total. The Hall–Kier alpha value is -3.11. The molecule has 0 radical (unpaired) electrons. The second kappa shape index (κ2) is 11.7. The molecule has 0 aliphatic carbocycles. The minimum atomic E-state index is -0.559. The van der Waals surface area contributed by atoms with Crippen LogP contribution in [0.3, 0.4) is 0 Å². The number of nitriles is 1. The van der Waals surface area contributed by atoms with Gasteiger partial charge >= 0.3 is 0 Å². The summed E-state index contributed by atoms with van der Waals surface area (Å²) < 4.78 is 0. The van der Waals surface area contributed by atoms with E-state index in [1.165, 1.54) is 11.8 Å². The summed E-state index contributed by atoms with van der Waals surface area (Å²) in [5.41, 5.74) is 3.36. The Morgan fingerprint density at radius 2 is 2.06 bits per heavy atom. The Kier molecular flexibility index (Phi) is 8.67. The normalized spacial score (nSPS) is 14.3. The standard InChI is InChI=1S/C24H28N6O2S/c1-4-19-20(14-25)24(33-16-17-6-8-18(9-7-17)27-21(32)15-31)28-23(22(19)26-2)30-11-5-10-29(3)12-13-30/h6-9,31H,4-5,10-13,15-16H2,1,3H3,(H,27,32). The molecule has 172 valence electrons. The maximum Gasteiger partial charge on any atom is 0.250 e. The van der Waals surface area contributed by atoms with E-state index in [-0.39, 0.29) is 0 Å². The van der Waals surface area contributed by atoms with E-state index < -0.39 is 12.5 Å². The van der Waals surface area contributed by atoms with Gasteiger partial charge in [-0.25, -0.2) is 9.83 Å². The van der Waals surface area contributed by atoms with Crippen molar-refractivity contribution in [3.63, 3.8) is 0 Å². The molecule has 3 rings (SSSR count). The molecule has 1 aromatic heterocycles. The van der Waals surface area contributed by atoms with Crippen LogP contribution in [0.15, 0.2) is 29.3 Å². The number of anilines is 2. The minimum absolute atomic E-state index is 0.459. The van der Waals surface area contributed by atoms with Gasteiger partial charge in [0, 0.05) is 31.1 Å². The number of hydrogen-bond acceptors (Lipinski definition) is 7. The highest BCUT2D eigenvalue weighted by molar-refractivity contribution is 7.98. The Morgan fingerprint density at radius 1 is 1.30 bits per heavy atom. The van der Waals surface area contributed by atoms with Gasteiger partial charge in [0.25, 0.3) is 0 Å². The summed E-state index contributed by atoms with van der Waals surface area (Å²) in [5, 5.41) is 22.0. The number of carbonyl (C=O) groups excluding carboxylic acids is 1. The largest absolute Gasteiger partial charge is 0.387 e. The molecule has 1 aromatic carbocycles. The summed E-state index contributed by atoms with van der Waals surface area (Å²) in [4.78, 5) is 24.4. The molecule has 1 amide bonds. The smallest absolute Gasteiger partial charge is 0.250 e. The third kappa shape index (κ3) is 6.02. The number of thioether (sulfide) groups is 1.